The molecule has 1 amide bonds. The number of aromatic nitrogens is 2. The first-order valence-electron chi connectivity index (χ1n) is 7.52. The summed E-state index contributed by atoms with van der Waals surface area (Å²) in [4.78, 5) is 11.8. The van der Waals surface area contributed by atoms with Crippen LogP contribution in [-0.2, 0) is 11.3 Å². The molecule has 1 aromatic heterocycles. The number of halogens is 1. The molecule has 2 aromatic carbocycles. The lowest BCUT2D eigenvalue weighted by Crippen LogP contribution is -2.20. The second-order valence-electron chi connectivity index (χ2n) is 5.20. The average molecular weight is 321 g/mol. The minimum Gasteiger partial charge on any atom is -0.348 e. The number of hydrogen-bond donors (Lipinski definition) is 1. The fraction of sp³-hybridized carbons (Fsp3) is 0.0526. The molecule has 0 fully saturated rings. The molecule has 3 rings (SSSR count). The van der Waals surface area contributed by atoms with Gasteiger partial charge in [0.25, 0.3) is 0 Å². The van der Waals surface area contributed by atoms with Crippen LogP contribution in [0.4, 0.5) is 4.39 Å². The topological polar surface area (TPSA) is 46.9 Å². The number of rotatable bonds is 5. The van der Waals surface area contributed by atoms with Crippen LogP contribution in [-0.4, -0.2) is 15.7 Å². The summed E-state index contributed by atoms with van der Waals surface area (Å²) in [5, 5.41) is 6.91. The van der Waals surface area contributed by atoms with Crippen molar-refractivity contribution in [2.45, 2.75) is 6.54 Å². The molecule has 4 nitrogen and oxygen atoms in total. The summed E-state index contributed by atoms with van der Waals surface area (Å²) >= 11 is 0. The zero-order valence-corrected chi connectivity index (χ0v) is 12.9. The Morgan fingerprint density at radius 3 is 2.67 bits per heavy atom. The van der Waals surface area contributed by atoms with Gasteiger partial charge in [-0.1, -0.05) is 36.4 Å². The highest BCUT2D eigenvalue weighted by molar-refractivity contribution is 5.91. The van der Waals surface area contributed by atoms with Gasteiger partial charge < -0.3 is 5.32 Å². The van der Waals surface area contributed by atoms with E-state index in [0.717, 1.165) is 11.3 Å². The van der Waals surface area contributed by atoms with Crippen LogP contribution < -0.4 is 5.32 Å². The summed E-state index contributed by atoms with van der Waals surface area (Å²) in [6, 6.07) is 16.1. The number of nitrogens with one attached hydrogen (secondary N) is 1. The molecule has 0 aliphatic heterocycles. The number of nitrogens with zero attached hydrogens (tertiary/aromatic N) is 2. The molecule has 0 bridgehead atoms. The molecule has 120 valence electrons. The van der Waals surface area contributed by atoms with Crippen LogP contribution in [0.1, 0.15) is 11.1 Å². The number of amides is 1. The van der Waals surface area contributed by atoms with Gasteiger partial charge in [0.15, 0.2) is 0 Å². The van der Waals surface area contributed by atoms with Crippen LogP contribution in [0.5, 0.6) is 0 Å². The standard InChI is InChI=1S/C19H16FN3O/c20-18-9-5-4-6-16(18)13-21-19(24)11-10-15-12-22-23(14-15)17-7-2-1-3-8-17/h1-12,14H,13H2,(H,21,24). The summed E-state index contributed by atoms with van der Waals surface area (Å²) in [5.41, 5.74) is 2.21. The van der Waals surface area contributed by atoms with Crippen LogP contribution in [0.25, 0.3) is 11.8 Å². The second-order valence-corrected chi connectivity index (χ2v) is 5.20. The first-order valence-corrected chi connectivity index (χ1v) is 7.52. The van der Waals surface area contributed by atoms with Crippen molar-refractivity contribution in [1.82, 2.24) is 15.1 Å². The molecule has 0 atom stereocenters. The average Bonchev–Trinajstić information content (AvgIpc) is 3.09. The molecular formula is C19H16FN3O. The van der Waals surface area contributed by atoms with Gasteiger partial charge in [0.05, 0.1) is 11.9 Å². The third kappa shape index (κ3) is 3.95. The largest absolute Gasteiger partial charge is 0.348 e. The van der Waals surface area contributed by atoms with Crippen LogP contribution >= 0.6 is 0 Å². The Morgan fingerprint density at radius 2 is 1.88 bits per heavy atom. The van der Waals surface area contributed by atoms with Gasteiger partial charge in [0.1, 0.15) is 5.82 Å². The van der Waals surface area contributed by atoms with E-state index in [1.54, 1.807) is 35.2 Å². The van der Waals surface area contributed by atoms with Crippen LogP contribution in [0, 0.1) is 5.82 Å². The SMILES string of the molecule is O=C(C=Cc1cnn(-c2ccccc2)c1)NCc1ccccc1F. The Kier molecular flexibility index (Phi) is 4.81. The van der Waals surface area contributed by atoms with Crippen molar-refractivity contribution in [2.24, 2.45) is 0 Å². The van der Waals surface area contributed by atoms with E-state index in [2.05, 4.69) is 10.4 Å². The van der Waals surface area contributed by atoms with E-state index in [0.29, 0.717) is 5.56 Å². The van der Waals surface area contributed by atoms with Gasteiger partial charge in [-0.15, -0.1) is 0 Å². The Balaban J connectivity index is 1.59. The van der Waals surface area contributed by atoms with E-state index in [1.807, 2.05) is 36.5 Å². The van der Waals surface area contributed by atoms with Crippen LogP contribution in [0.3, 0.4) is 0 Å². The van der Waals surface area contributed by atoms with E-state index in [9.17, 15) is 9.18 Å². The number of carbonyl (C=O) groups is 1. The fourth-order valence-electron chi connectivity index (χ4n) is 2.20. The van der Waals surface area contributed by atoms with Crippen molar-refractivity contribution in [2.75, 3.05) is 0 Å². The van der Waals surface area contributed by atoms with Crippen molar-refractivity contribution in [3.05, 3.63) is 90.0 Å². The molecule has 0 spiro atoms. The fourth-order valence-corrected chi connectivity index (χ4v) is 2.20. The molecule has 0 aliphatic rings. The van der Waals surface area contributed by atoms with Crippen molar-refractivity contribution >= 4 is 12.0 Å². The number of benzene rings is 2. The summed E-state index contributed by atoms with van der Waals surface area (Å²) in [6.07, 6.45) is 6.58. The molecule has 1 heterocycles. The van der Waals surface area contributed by atoms with E-state index >= 15 is 0 Å². The van der Waals surface area contributed by atoms with Gasteiger partial charge in [-0.25, -0.2) is 9.07 Å². The van der Waals surface area contributed by atoms with E-state index < -0.39 is 0 Å². The Hall–Kier alpha value is -3.21. The monoisotopic (exact) mass is 321 g/mol. The highest BCUT2D eigenvalue weighted by atomic mass is 19.1. The third-order valence-electron chi connectivity index (χ3n) is 3.46. The molecule has 0 radical (unpaired) electrons. The lowest BCUT2D eigenvalue weighted by atomic mass is 10.2. The van der Waals surface area contributed by atoms with Crippen LogP contribution in [0.2, 0.25) is 0 Å². The number of para-hydroxylation sites is 1. The summed E-state index contributed by atoms with van der Waals surface area (Å²) in [7, 11) is 0. The van der Waals surface area contributed by atoms with Gasteiger partial charge in [0.2, 0.25) is 5.91 Å². The predicted octanol–water partition coefficient (Wildman–Crippen LogP) is 3.34. The smallest absolute Gasteiger partial charge is 0.244 e. The Labute approximate surface area is 139 Å². The van der Waals surface area contributed by atoms with Crippen molar-refractivity contribution in [1.29, 1.82) is 0 Å². The van der Waals surface area contributed by atoms with Gasteiger partial charge in [0, 0.05) is 29.9 Å². The maximum atomic E-state index is 13.5. The zero-order chi connectivity index (χ0) is 16.8. The van der Waals surface area contributed by atoms with E-state index in [-0.39, 0.29) is 18.3 Å². The molecule has 3 aromatic rings. The Morgan fingerprint density at radius 1 is 1.12 bits per heavy atom. The van der Waals surface area contributed by atoms with Gasteiger partial charge in [-0.3, -0.25) is 4.79 Å². The number of carbonyl (C=O) groups excluding carboxylic acids is 1. The second kappa shape index (κ2) is 7.37. The third-order valence-corrected chi connectivity index (χ3v) is 3.46. The maximum absolute atomic E-state index is 13.5. The molecule has 0 unspecified atom stereocenters. The van der Waals surface area contributed by atoms with Crippen LogP contribution in [0.15, 0.2) is 73.1 Å². The quantitative estimate of drug-likeness (QED) is 0.733. The molecular weight excluding hydrogens is 305 g/mol. The zero-order valence-electron chi connectivity index (χ0n) is 12.9. The van der Waals surface area contributed by atoms with Crippen molar-refractivity contribution in [3.8, 4) is 5.69 Å². The van der Waals surface area contributed by atoms with Crippen molar-refractivity contribution in [3.63, 3.8) is 0 Å². The molecule has 0 saturated carbocycles. The maximum Gasteiger partial charge on any atom is 0.244 e. The predicted molar refractivity (Wildman–Crippen MR) is 90.8 cm³/mol. The van der Waals surface area contributed by atoms with Crippen molar-refractivity contribution < 1.29 is 9.18 Å². The summed E-state index contributed by atoms with van der Waals surface area (Å²) < 4.78 is 15.2. The molecule has 1 N–H and O–H groups in total. The Bertz CT molecular complexity index is 856. The van der Waals surface area contributed by atoms with Gasteiger partial charge in [-0.2, -0.15) is 5.10 Å². The molecule has 0 aliphatic carbocycles. The first-order chi connectivity index (χ1) is 11.7. The van der Waals surface area contributed by atoms with Gasteiger partial charge in [-0.05, 0) is 24.3 Å². The molecule has 5 heteroatoms. The first kappa shape index (κ1) is 15.7. The normalized spacial score (nSPS) is 10.9. The lowest BCUT2D eigenvalue weighted by Gasteiger charge is -2.03. The lowest BCUT2D eigenvalue weighted by molar-refractivity contribution is -0.116. The minimum atomic E-state index is -0.328. The highest BCUT2D eigenvalue weighted by Gasteiger charge is 2.02. The molecule has 24 heavy (non-hydrogen) atoms. The minimum absolute atomic E-state index is 0.152. The number of hydrogen-bond acceptors (Lipinski definition) is 2. The highest BCUT2D eigenvalue weighted by Crippen LogP contribution is 2.09. The molecule has 0 saturated heterocycles. The van der Waals surface area contributed by atoms with E-state index in [4.69, 9.17) is 0 Å². The van der Waals surface area contributed by atoms with E-state index in [1.165, 1.54) is 12.1 Å². The summed E-state index contributed by atoms with van der Waals surface area (Å²) in [6.45, 7) is 0.152. The van der Waals surface area contributed by atoms with Gasteiger partial charge >= 0.3 is 0 Å². The summed E-state index contributed by atoms with van der Waals surface area (Å²) in [5.74, 6) is -0.614.